The van der Waals surface area contributed by atoms with E-state index in [4.69, 9.17) is 27.9 Å². The van der Waals surface area contributed by atoms with Crippen LogP contribution in [0.3, 0.4) is 0 Å². The normalized spacial score (nSPS) is 18.9. The fourth-order valence-corrected chi connectivity index (χ4v) is 5.42. The number of alkyl halides is 3. The van der Waals surface area contributed by atoms with Crippen LogP contribution < -0.4 is 10.1 Å². The second-order valence-corrected chi connectivity index (χ2v) is 10.3. The maximum Gasteiger partial charge on any atom is 0.419 e. The van der Waals surface area contributed by atoms with Crippen LogP contribution in [0.5, 0.6) is 5.75 Å². The number of ketones is 2. The number of nitrogens with zero attached hydrogens (tertiary/aromatic N) is 1. The minimum absolute atomic E-state index is 0.00965. The SMILES string of the molecule is COc1ccc(C(=O)N(C)[C@]2(C(=O)c3ccc(C(C)=O)cc3)CNC[C@H]2c2ccc(Cl)c(Cl)c2)cc1C(F)(F)F. The van der Waals surface area contributed by atoms with Gasteiger partial charge in [0.25, 0.3) is 5.91 Å². The van der Waals surface area contributed by atoms with Gasteiger partial charge < -0.3 is 15.0 Å². The quantitative estimate of drug-likeness (QED) is 0.326. The smallest absolute Gasteiger partial charge is 0.419 e. The van der Waals surface area contributed by atoms with E-state index >= 15 is 0 Å². The molecule has 0 radical (unpaired) electrons. The number of methoxy groups -OCH3 is 1. The average Bonchev–Trinajstić information content (AvgIpc) is 3.38. The van der Waals surface area contributed by atoms with E-state index in [1.54, 1.807) is 18.2 Å². The van der Waals surface area contributed by atoms with Crippen LogP contribution in [-0.4, -0.2) is 55.2 Å². The predicted molar refractivity (Wildman–Crippen MR) is 146 cm³/mol. The van der Waals surface area contributed by atoms with Gasteiger partial charge in [-0.05, 0) is 42.8 Å². The number of amides is 1. The topological polar surface area (TPSA) is 75.7 Å². The molecule has 2 atom stereocenters. The summed E-state index contributed by atoms with van der Waals surface area (Å²) in [6.07, 6.45) is -4.77. The first-order chi connectivity index (χ1) is 18.8. The number of hydrogen-bond acceptors (Lipinski definition) is 5. The Morgan fingerprint density at radius 1 is 0.950 bits per heavy atom. The van der Waals surface area contributed by atoms with Crippen LogP contribution >= 0.6 is 23.2 Å². The van der Waals surface area contributed by atoms with Crippen LogP contribution in [0.1, 0.15) is 55.0 Å². The van der Waals surface area contributed by atoms with Crippen molar-refractivity contribution in [2.24, 2.45) is 0 Å². The molecule has 40 heavy (non-hydrogen) atoms. The molecule has 1 fully saturated rings. The van der Waals surface area contributed by atoms with Gasteiger partial charge in [0.15, 0.2) is 11.6 Å². The number of halogens is 5. The molecule has 210 valence electrons. The lowest BCUT2D eigenvalue weighted by molar-refractivity contribution is -0.138. The molecule has 1 heterocycles. The number of likely N-dealkylation sites (N-methyl/N-ethyl adjacent to an activating group) is 1. The summed E-state index contributed by atoms with van der Waals surface area (Å²) >= 11 is 12.4. The number of ether oxygens (including phenoxy) is 1. The summed E-state index contributed by atoms with van der Waals surface area (Å²) in [7, 11) is 2.49. The Labute approximate surface area is 239 Å². The molecular formula is C29H25Cl2F3N2O4. The van der Waals surface area contributed by atoms with Crippen molar-refractivity contribution in [3.05, 3.63) is 98.5 Å². The largest absolute Gasteiger partial charge is 0.496 e. The molecule has 0 aromatic heterocycles. The highest BCUT2D eigenvalue weighted by Gasteiger charge is 2.54. The summed E-state index contributed by atoms with van der Waals surface area (Å²) in [5.41, 5.74) is -1.71. The molecule has 0 bridgehead atoms. The van der Waals surface area contributed by atoms with Crippen LogP contribution in [0.2, 0.25) is 10.0 Å². The molecule has 1 aliphatic heterocycles. The molecule has 3 aromatic carbocycles. The van der Waals surface area contributed by atoms with Gasteiger partial charge in [0.05, 0.1) is 22.7 Å². The lowest BCUT2D eigenvalue weighted by Gasteiger charge is -2.42. The van der Waals surface area contributed by atoms with Gasteiger partial charge in [-0.15, -0.1) is 0 Å². The molecule has 0 saturated carbocycles. The highest BCUT2D eigenvalue weighted by atomic mass is 35.5. The maximum atomic E-state index is 14.3. The number of hydrogen-bond donors (Lipinski definition) is 1. The van der Waals surface area contributed by atoms with Crippen molar-refractivity contribution in [3.8, 4) is 5.75 Å². The zero-order chi connectivity index (χ0) is 29.4. The summed E-state index contributed by atoms with van der Waals surface area (Å²) in [4.78, 5) is 41.1. The highest BCUT2D eigenvalue weighted by molar-refractivity contribution is 6.42. The lowest BCUT2D eigenvalue weighted by atomic mass is 9.75. The number of Topliss-reactive ketones (excluding diaryl/α,β-unsaturated/α-hetero) is 2. The Morgan fingerprint density at radius 2 is 1.57 bits per heavy atom. The van der Waals surface area contributed by atoms with Crippen molar-refractivity contribution in [1.29, 1.82) is 0 Å². The van der Waals surface area contributed by atoms with E-state index in [1.807, 2.05) is 0 Å². The third kappa shape index (κ3) is 5.33. The van der Waals surface area contributed by atoms with Gasteiger partial charge in [0.2, 0.25) is 0 Å². The van der Waals surface area contributed by atoms with E-state index in [0.29, 0.717) is 22.2 Å². The van der Waals surface area contributed by atoms with E-state index in [-0.39, 0.29) is 35.0 Å². The van der Waals surface area contributed by atoms with Crippen LogP contribution in [0, 0.1) is 0 Å². The molecule has 6 nitrogen and oxygen atoms in total. The van der Waals surface area contributed by atoms with Crippen molar-refractivity contribution in [1.82, 2.24) is 10.2 Å². The number of rotatable bonds is 7. The van der Waals surface area contributed by atoms with Crippen molar-refractivity contribution < 1.29 is 32.3 Å². The average molecular weight is 593 g/mol. The molecule has 1 amide bonds. The van der Waals surface area contributed by atoms with Crippen molar-refractivity contribution >= 4 is 40.7 Å². The minimum Gasteiger partial charge on any atom is -0.496 e. The molecule has 1 saturated heterocycles. The predicted octanol–water partition coefficient (Wildman–Crippen LogP) is 6.30. The zero-order valence-corrected chi connectivity index (χ0v) is 23.2. The summed E-state index contributed by atoms with van der Waals surface area (Å²) in [6, 6.07) is 13.9. The summed E-state index contributed by atoms with van der Waals surface area (Å²) in [5.74, 6) is -2.51. The third-order valence-corrected chi connectivity index (χ3v) is 8.01. The number of benzene rings is 3. The second-order valence-electron chi connectivity index (χ2n) is 9.52. The monoisotopic (exact) mass is 592 g/mol. The molecule has 3 aromatic rings. The molecule has 0 unspecified atom stereocenters. The Morgan fingerprint density at radius 3 is 2.15 bits per heavy atom. The first kappa shape index (κ1) is 29.6. The first-order valence-electron chi connectivity index (χ1n) is 12.2. The lowest BCUT2D eigenvalue weighted by Crippen LogP contribution is -2.59. The van der Waals surface area contributed by atoms with E-state index in [2.05, 4.69) is 5.32 Å². The van der Waals surface area contributed by atoms with E-state index in [9.17, 15) is 27.6 Å². The van der Waals surface area contributed by atoms with E-state index in [0.717, 1.165) is 13.2 Å². The van der Waals surface area contributed by atoms with Crippen LogP contribution in [-0.2, 0) is 6.18 Å². The van der Waals surface area contributed by atoms with Crippen LogP contribution in [0.4, 0.5) is 13.2 Å². The Bertz CT molecular complexity index is 1480. The molecule has 0 aliphatic carbocycles. The van der Waals surface area contributed by atoms with E-state index < -0.39 is 40.6 Å². The molecule has 1 N–H and O–H groups in total. The second kappa shape index (κ2) is 11.2. The van der Waals surface area contributed by atoms with Gasteiger partial charge in [-0.3, -0.25) is 14.4 Å². The van der Waals surface area contributed by atoms with Gasteiger partial charge in [-0.2, -0.15) is 13.2 Å². The van der Waals surface area contributed by atoms with Crippen molar-refractivity contribution in [3.63, 3.8) is 0 Å². The number of nitrogens with one attached hydrogen (secondary N) is 1. The summed E-state index contributed by atoms with van der Waals surface area (Å²) in [6.45, 7) is 1.68. The Kier molecular flexibility index (Phi) is 8.31. The van der Waals surface area contributed by atoms with Crippen molar-refractivity contribution in [2.45, 2.75) is 24.6 Å². The van der Waals surface area contributed by atoms with Crippen LogP contribution in [0.25, 0.3) is 0 Å². The molecule has 4 rings (SSSR count). The first-order valence-corrected chi connectivity index (χ1v) is 12.9. The summed E-state index contributed by atoms with van der Waals surface area (Å²) < 4.78 is 46.0. The standard InChI is InChI=1S/C29H25Cl2F3N2O4/c1-16(37)17-4-6-18(7-5-17)26(38)28(15-35-14-22(28)19-8-10-23(30)24(31)13-19)36(2)27(39)20-9-11-25(40-3)21(12-20)29(32,33)34/h4-13,22,35H,14-15H2,1-3H3/t22-,28+/m0/s1. The van der Waals surface area contributed by atoms with E-state index in [1.165, 1.54) is 49.2 Å². The molecule has 0 spiro atoms. The Hall–Kier alpha value is -3.40. The maximum absolute atomic E-state index is 14.3. The van der Waals surface area contributed by atoms with Crippen molar-refractivity contribution in [2.75, 3.05) is 27.2 Å². The van der Waals surface area contributed by atoms with Gasteiger partial charge in [-0.25, -0.2) is 0 Å². The zero-order valence-electron chi connectivity index (χ0n) is 21.7. The fourth-order valence-electron chi connectivity index (χ4n) is 5.11. The number of carbonyl (C=O) groups is 3. The van der Waals surface area contributed by atoms with Crippen LogP contribution in [0.15, 0.2) is 60.7 Å². The van der Waals surface area contributed by atoms with Gasteiger partial charge in [-0.1, -0.05) is 53.5 Å². The van der Waals surface area contributed by atoms with Gasteiger partial charge >= 0.3 is 6.18 Å². The molecule has 1 aliphatic rings. The Balaban J connectivity index is 1.86. The highest BCUT2D eigenvalue weighted by Crippen LogP contribution is 2.42. The van der Waals surface area contributed by atoms with Gasteiger partial charge in [0, 0.05) is 42.7 Å². The number of carbonyl (C=O) groups excluding carboxylic acids is 3. The fraction of sp³-hybridized carbons (Fsp3) is 0.276. The minimum atomic E-state index is -4.77. The summed E-state index contributed by atoms with van der Waals surface area (Å²) in [5, 5.41) is 3.72. The third-order valence-electron chi connectivity index (χ3n) is 7.27. The molecule has 11 heteroatoms. The van der Waals surface area contributed by atoms with Gasteiger partial charge in [0.1, 0.15) is 11.3 Å². The molecular weight excluding hydrogens is 568 g/mol.